The van der Waals surface area contributed by atoms with Gasteiger partial charge in [-0.2, -0.15) is 0 Å². The van der Waals surface area contributed by atoms with Crippen molar-refractivity contribution in [1.29, 1.82) is 0 Å². The van der Waals surface area contributed by atoms with Gasteiger partial charge < -0.3 is 15.3 Å². The van der Waals surface area contributed by atoms with Crippen molar-refractivity contribution in [2.45, 2.75) is 6.54 Å². The SMILES string of the molecule is C#CCSCCNC(=O)N(C)Cc1ccc(C(=O)O)cc1. The van der Waals surface area contributed by atoms with Crippen molar-refractivity contribution < 1.29 is 14.7 Å². The molecule has 1 aromatic rings. The van der Waals surface area contributed by atoms with Gasteiger partial charge in [0.05, 0.1) is 11.3 Å². The summed E-state index contributed by atoms with van der Waals surface area (Å²) in [6.07, 6.45) is 5.13. The minimum atomic E-state index is -0.961. The van der Waals surface area contributed by atoms with Crippen LogP contribution in [0, 0.1) is 12.3 Å². The number of nitrogens with one attached hydrogen (secondary N) is 1. The van der Waals surface area contributed by atoms with E-state index >= 15 is 0 Å². The van der Waals surface area contributed by atoms with E-state index in [1.807, 2.05) is 0 Å². The molecule has 0 radical (unpaired) electrons. The first-order chi connectivity index (χ1) is 10.0. The number of carboxylic acid groups (broad SMARTS) is 1. The summed E-state index contributed by atoms with van der Waals surface area (Å²) in [7, 11) is 1.69. The molecule has 1 aromatic carbocycles. The van der Waals surface area contributed by atoms with Crippen molar-refractivity contribution in [3.8, 4) is 12.3 Å². The van der Waals surface area contributed by atoms with Gasteiger partial charge >= 0.3 is 12.0 Å². The van der Waals surface area contributed by atoms with Gasteiger partial charge in [-0.05, 0) is 17.7 Å². The van der Waals surface area contributed by atoms with Crippen LogP contribution in [0.1, 0.15) is 15.9 Å². The van der Waals surface area contributed by atoms with Crippen LogP contribution in [0.3, 0.4) is 0 Å². The Morgan fingerprint density at radius 2 is 2.05 bits per heavy atom. The van der Waals surface area contributed by atoms with Crippen LogP contribution < -0.4 is 5.32 Å². The average molecular weight is 306 g/mol. The van der Waals surface area contributed by atoms with E-state index in [4.69, 9.17) is 11.5 Å². The standard InChI is InChI=1S/C15H18N2O3S/c1-3-9-21-10-8-16-15(20)17(2)11-12-4-6-13(7-5-12)14(18)19/h1,4-7H,8-11H2,2H3,(H,16,20)(H,18,19). The summed E-state index contributed by atoms with van der Waals surface area (Å²) in [5.41, 5.74) is 1.11. The summed E-state index contributed by atoms with van der Waals surface area (Å²) in [6.45, 7) is 0.983. The van der Waals surface area contributed by atoms with Gasteiger partial charge in [-0.3, -0.25) is 0 Å². The molecule has 2 N–H and O–H groups in total. The van der Waals surface area contributed by atoms with Crippen LogP contribution in [-0.4, -0.2) is 47.1 Å². The predicted molar refractivity (Wildman–Crippen MR) is 84.4 cm³/mol. The van der Waals surface area contributed by atoms with E-state index in [-0.39, 0.29) is 11.6 Å². The Morgan fingerprint density at radius 1 is 1.38 bits per heavy atom. The monoisotopic (exact) mass is 306 g/mol. The summed E-state index contributed by atoms with van der Waals surface area (Å²) in [4.78, 5) is 24.1. The van der Waals surface area contributed by atoms with Crippen LogP contribution in [0.25, 0.3) is 0 Å². The predicted octanol–water partition coefficient (Wildman–Crippen LogP) is 1.89. The van der Waals surface area contributed by atoms with Crippen molar-refractivity contribution in [2.24, 2.45) is 0 Å². The smallest absolute Gasteiger partial charge is 0.335 e. The Morgan fingerprint density at radius 3 is 2.62 bits per heavy atom. The number of carbonyl (C=O) groups excluding carboxylic acids is 1. The Hall–Kier alpha value is -2.13. The number of rotatable bonds is 7. The highest BCUT2D eigenvalue weighted by molar-refractivity contribution is 7.99. The molecule has 0 fully saturated rings. The number of aromatic carboxylic acids is 1. The number of hydrogen-bond donors (Lipinski definition) is 2. The molecule has 0 aliphatic carbocycles. The molecule has 112 valence electrons. The first-order valence-corrected chi connectivity index (χ1v) is 7.52. The summed E-state index contributed by atoms with van der Waals surface area (Å²) < 4.78 is 0. The Balaban J connectivity index is 2.38. The number of benzene rings is 1. The molecular formula is C15H18N2O3S. The van der Waals surface area contributed by atoms with E-state index in [0.29, 0.717) is 18.8 Å². The van der Waals surface area contributed by atoms with Gasteiger partial charge in [0.25, 0.3) is 0 Å². The third-order valence-corrected chi connectivity index (χ3v) is 3.54. The van der Waals surface area contributed by atoms with Gasteiger partial charge in [-0.1, -0.05) is 18.1 Å². The zero-order valence-electron chi connectivity index (χ0n) is 11.8. The third kappa shape index (κ3) is 6.23. The van der Waals surface area contributed by atoms with Gasteiger partial charge in [0.15, 0.2) is 0 Å². The normalized spacial score (nSPS) is 9.71. The van der Waals surface area contributed by atoms with E-state index in [2.05, 4.69) is 11.2 Å². The molecular weight excluding hydrogens is 288 g/mol. The van der Waals surface area contributed by atoms with Crippen LogP contribution in [-0.2, 0) is 6.54 Å². The van der Waals surface area contributed by atoms with E-state index in [1.165, 1.54) is 12.1 Å². The fourth-order valence-corrected chi connectivity index (χ4v) is 2.10. The lowest BCUT2D eigenvalue weighted by molar-refractivity contribution is 0.0697. The molecule has 0 spiro atoms. The third-order valence-electron chi connectivity index (χ3n) is 2.68. The van der Waals surface area contributed by atoms with E-state index < -0.39 is 5.97 Å². The van der Waals surface area contributed by atoms with E-state index in [0.717, 1.165) is 11.3 Å². The molecule has 2 amide bonds. The lowest BCUT2D eigenvalue weighted by Crippen LogP contribution is -2.37. The van der Waals surface area contributed by atoms with Crippen LogP contribution >= 0.6 is 11.8 Å². The number of hydrogen-bond acceptors (Lipinski definition) is 3. The number of nitrogens with zero attached hydrogens (tertiary/aromatic N) is 1. The van der Waals surface area contributed by atoms with Crippen molar-refractivity contribution >= 4 is 23.8 Å². The van der Waals surface area contributed by atoms with Gasteiger partial charge in [-0.15, -0.1) is 18.2 Å². The maximum absolute atomic E-state index is 11.8. The summed E-state index contributed by atoms with van der Waals surface area (Å²) >= 11 is 1.59. The number of carbonyl (C=O) groups is 2. The minimum absolute atomic E-state index is 0.168. The van der Waals surface area contributed by atoms with Crippen molar-refractivity contribution in [3.05, 3.63) is 35.4 Å². The number of thioether (sulfide) groups is 1. The quantitative estimate of drug-likeness (QED) is 0.596. The number of urea groups is 1. The molecule has 0 saturated heterocycles. The highest BCUT2D eigenvalue weighted by Crippen LogP contribution is 2.07. The largest absolute Gasteiger partial charge is 0.478 e. The fraction of sp³-hybridized carbons (Fsp3) is 0.333. The zero-order valence-corrected chi connectivity index (χ0v) is 12.7. The second-order valence-electron chi connectivity index (χ2n) is 4.35. The number of terminal acetylenes is 1. The first-order valence-electron chi connectivity index (χ1n) is 6.37. The molecule has 0 heterocycles. The fourth-order valence-electron chi connectivity index (χ4n) is 1.59. The number of amides is 2. The maximum Gasteiger partial charge on any atom is 0.335 e. The molecule has 1 rings (SSSR count). The molecule has 6 heteroatoms. The van der Waals surface area contributed by atoms with Gasteiger partial charge in [0, 0.05) is 25.9 Å². The van der Waals surface area contributed by atoms with Crippen LogP contribution in [0.2, 0.25) is 0 Å². The maximum atomic E-state index is 11.8. The van der Waals surface area contributed by atoms with Gasteiger partial charge in [0.2, 0.25) is 0 Å². The lowest BCUT2D eigenvalue weighted by Gasteiger charge is -2.18. The molecule has 0 saturated carbocycles. The van der Waals surface area contributed by atoms with Crippen molar-refractivity contribution in [1.82, 2.24) is 10.2 Å². The van der Waals surface area contributed by atoms with Crippen molar-refractivity contribution in [2.75, 3.05) is 25.1 Å². The highest BCUT2D eigenvalue weighted by Gasteiger charge is 2.09. The average Bonchev–Trinajstić information content (AvgIpc) is 2.47. The van der Waals surface area contributed by atoms with E-state index in [1.54, 1.807) is 35.8 Å². The molecule has 0 aliphatic heterocycles. The second kappa shape index (κ2) is 8.93. The highest BCUT2D eigenvalue weighted by atomic mass is 32.2. The summed E-state index contributed by atoms with van der Waals surface area (Å²) in [5.74, 6) is 2.98. The Labute approximate surface area is 128 Å². The first kappa shape index (κ1) is 16.9. The van der Waals surface area contributed by atoms with E-state index in [9.17, 15) is 9.59 Å². The summed E-state index contributed by atoms with van der Waals surface area (Å²) in [6, 6.07) is 6.30. The zero-order chi connectivity index (χ0) is 15.7. The molecule has 21 heavy (non-hydrogen) atoms. The topological polar surface area (TPSA) is 69.6 Å². The Kier molecular flexibility index (Phi) is 7.19. The van der Waals surface area contributed by atoms with Crippen molar-refractivity contribution in [3.63, 3.8) is 0 Å². The molecule has 0 unspecified atom stereocenters. The molecule has 0 atom stereocenters. The Bertz CT molecular complexity index is 523. The second-order valence-corrected chi connectivity index (χ2v) is 5.45. The number of carboxylic acids is 1. The van der Waals surface area contributed by atoms with Crippen LogP contribution in [0.5, 0.6) is 0 Å². The summed E-state index contributed by atoms with van der Waals surface area (Å²) in [5, 5.41) is 11.6. The van der Waals surface area contributed by atoms with Gasteiger partial charge in [-0.25, -0.2) is 9.59 Å². The molecule has 0 aliphatic rings. The molecule has 0 bridgehead atoms. The van der Waals surface area contributed by atoms with Crippen LogP contribution in [0.15, 0.2) is 24.3 Å². The molecule has 5 nitrogen and oxygen atoms in total. The molecule has 0 aromatic heterocycles. The van der Waals surface area contributed by atoms with Gasteiger partial charge in [0.1, 0.15) is 0 Å². The minimum Gasteiger partial charge on any atom is -0.478 e. The van der Waals surface area contributed by atoms with Crippen LogP contribution in [0.4, 0.5) is 4.79 Å². The lowest BCUT2D eigenvalue weighted by atomic mass is 10.1.